The maximum atomic E-state index is 12.0. The maximum Gasteiger partial charge on any atom is 0.255 e. The van der Waals surface area contributed by atoms with Gasteiger partial charge in [0.15, 0.2) is 0 Å². The molecule has 0 atom stereocenters. The van der Waals surface area contributed by atoms with E-state index in [0.29, 0.717) is 10.6 Å². The molecule has 21 heavy (non-hydrogen) atoms. The van der Waals surface area contributed by atoms with E-state index >= 15 is 0 Å². The average Bonchev–Trinajstić information content (AvgIpc) is 2.83. The molecule has 0 unspecified atom stereocenters. The molecule has 2 aromatic rings. The largest absolute Gasteiger partial charge is 0.321 e. The van der Waals surface area contributed by atoms with Crippen LogP contribution in [-0.4, -0.2) is 5.91 Å². The molecule has 0 spiro atoms. The van der Waals surface area contributed by atoms with E-state index in [1.807, 2.05) is 67.6 Å². The van der Waals surface area contributed by atoms with Gasteiger partial charge in [-0.1, -0.05) is 53.6 Å². The number of benzene rings is 2. The third-order valence-corrected chi connectivity index (χ3v) is 3.62. The third kappa shape index (κ3) is 3.06. The van der Waals surface area contributed by atoms with Crippen molar-refractivity contribution in [1.29, 1.82) is 0 Å². The first-order chi connectivity index (χ1) is 10.1. The Balaban J connectivity index is 1.91. The van der Waals surface area contributed by atoms with Crippen LogP contribution in [0.3, 0.4) is 0 Å². The van der Waals surface area contributed by atoms with E-state index in [-0.39, 0.29) is 5.91 Å². The second kappa shape index (κ2) is 5.58. The highest BCUT2D eigenvalue weighted by Gasteiger charge is 2.18. The zero-order valence-electron chi connectivity index (χ0n) is 11.6. The van der Waals surface area contributed by atoms with Crippen molar-refractivity contribution < 1.29 is 4.79 Å². The molecule has 1 N–H and O–H groups in total. The molecule has 1 heterocycles. The Bertz CT molecular complexity index is 740. The molecule has 3 heteroatoms. The van der Waals surface area contributed by atoms with E-state index in [9.17, 15) is 4.79 Å². The van der Waals surface area contributed by atoms with Gasteiger partial charge in [0, 0.05) is 16.3 Å². The molecule has 104 valence electrons. The number of hydrogen-bond acceptors (Lipinski definition) is 1. The lowest BCUT2D eigenvalue weighted by Crippen LogP contribution is -2.15. The zero-order chi connectivity index (χ0) is 14.8. The lowest BCUT2D eigenvalue weighted by Gasteiger charge is -2.02. The highest BCUT2D eigenvalue weighted by Crippen LogP contribution is 2.23. The van der Waals surface area contributed by atoms with Gasteiger partial charge in [0.1, 0.15) is 0 Å². The van der Waals surface area contributed by atoms with Crippen LogP contribution in [0.2, 0.25) is 5.02 Å². The van der Waals surface area contributed by atoms with Crippen molar-refractivity contribution in [2.24, 2.45) is 0 Å². The lowest BCUT2D eigenvalue weighted by atomic mass is 10.1. The molecule has 3 rings (SSSR count). The minimum Gasteiger partial charge on any atom is -0.321 e. The fourth-order valence-corrected chi connectivity index (χ4v) is 2.31. The first-order valence-corrected chi connectivity index (χ1v) is 7.07. The molecule has 1 amide bonds. The summed E-state index contributed by atoms with van der Waals surface area (Å²) in [5, 5.41) is 3.58. The highest BCUT2D eigenvalue weighted by molar-refractivity contribution is 6.30. The molecule has 0 aliphatic carbocycles. The highest BCUT2D eigenvalue weighted by atomic mass is 35.5. The van der Waals surface area contributed by atoms with Crippen LogP contribution >= 0.6 is 11.6 Å². The average molecular weight is 296 g/mol. The summed E-state index contributed by atoms with van der Waals surface area (Å²) >= 11 is 5.86. The van der Waals surface area contributed by atoms with Crippen LogP contribution in [0.4, 0.5) is 0 Å². The van der Waals surface area contributed by atoms with Gasteiger partial charge in [-0.3, -0.25) is 4.79 Å². The summed E-state index contributed by atoms with van der Waals surface area (Å²) in [5.41, 5.74) is 4.63. The number of rotatable bonds is 2. The van der Waals surface area contributed by atoms with Crippen molar-refractivity contribution in [1.82, 2.24) is 5.32 Å². The van der Waals surface area contributed by atoms with E-state index in [4.69, 9.17) is 11.6 Å². The van der Waals surface area contributed by atoms with Gasteiger partial charge in [0.2, 0.25) is 0 Å². The van der Waals surface area contributed by atoms with Gasteiger partial charge >= 0.3 is 0 Å². The molecule has 0 radical (unpaired) electrons. The van der Waals surface area contributed by atoms with Gasteiger partial charge in [0.05, 0.1) is 0 Å². The van der Waals surface area contributed by atoms with Gasteiger partial charge in [-0.25, -0.2) is 0 Å². The van der Waals surface area contributed by atoms with E-state index in [0.717, 1.165) is 16.8 Å². The number of carbonyl (C=O) groups excluding carboxylic acids is 1. The molecular weight excluding hydrogens is 282 g/mol. The van der Waals surface area contributed by atoms with Crippen LogP contribution in [0, 0.1) is 6.92 Å². The van der Waals surface area contributed by atoms with Crippen molar-refractivity contribution >= 4 is 29.3 Å². The number of amides is 1. The zero-order valence-corrected chi connectivity index (χ0v) is 12.3. The van der Waals surface area contributed by atoms with Crippen LogP contribution in [0.1, 0.15) is 16.7 Å². The summed E-state index contributed by atoms with van der Waals surface area (Å²) in [4.78, 5) is 12.0. The van der Waals surface area contributed by atoms with Crippen LogP contribution in [0.15, 0.2) is 60.2 Å². The van der Waals surface area contributed by atoms with Gasteiger partial charge in [-0.2, -0.15) is 0 Å². The molecule has 0 fully saturated rings. The Labute approximate surface area is 128 Å². The molecule has 2 aromatic carbocycles. The van der Waals surface area contributed by atoms with E-state index in [1.54, 1.807) is 0 Å². The smallest absolute Gasteiger partial charge is 0.255 e. The molecule has 1 aliphatic rings. The lowest BCUT2D eigenvalue weighted by molar-refractivity contribution is -0.115. The Hall–Kier alpha value is -2.32. The fraction of sp³-hybridized carbons (Fsp3) is 0.0556. The summed E-state index contributed by atoms with van der Waals surface area (Å²) in [6, 6.07) is 15.5. The molecule has 0 bridgehead atoms. The van der Waals surface area contributed by atoms with Crippen LogP contribution in [0.25, 0.3) is 11.8 Å². The van der Waals surface area contributed by atoms with Gasteiger partial charge in [-0.05, 0) is 42.3 Å². The number of hydrogen-bond donors (Lipinski definition) is 1. The summed E-state index contributed by atoms with van der Waals surface area (Å²) < 4.78 is 0. The first kappa shape index (κ1) is 13.7. The Kier molecular flexibility index (Phi) is 3.63. The van der Waals surface area contributed by atoms with Crippen molar-refractivity contribution in [2.75, 3.05) is 0 Å². The molecule has 2 nitrogen and oxygen atoms in total. The van der Waals surface area contributed by atoms with Crippen molar-refractivity contribution in [2.45, 2.75) is 6.92 Å². The first-order valence-electron chi connectivity index (χ1n) is 6.69. The molecular formula is C18H14ClNO. The maximum absolute atomic E-state index is 12.0. The van der Waals surface area contributed by atoms with Crippen LogP contribution in [0.5, 0.6) is 0 Å². The number of aryl methyl sites for hydroxylation is 1. The third-order valence-electron chi connectivity index (χ3n) is 3.36. The second-order valence-corrected chi connectivity index (χ2v) is 5.47. The standard InChI is InChI=1S/C18H14ClNO/c1-12-2-6-14(7-3-12)17-11-15(18(21)20-17)10-13-4-8-16(19)9-5-13/h2-11H,1H3,(H,20,21). The van der Waals surface area contributed by atoms with Crippen LogP contribution in [-0.2, 0) is 4.79 Å². The van der Waals surface area contributed by atoms with Crippen molar-refractivity contribution in [3.05, 3.63) is 81.9 Å². The fourth-order valence-electron chi connectivity index (χ4n) is 2.19. The number of halogens is 1. The molecule has 0 aromatic heterocycles. The van der Waals surface area contributed by atoms with Gasteiger partial charge in [0.25, 0.3) is 5.91 Å². The van der Waals surface area contributed by atoms with Gasteiger partial charge in [-0.15, -0.1) is 0 Å². The molecule has 1 aliphatic heterocycles. The predicted molar refractivity (Wildman–Crippen MR) is 86.7 cm³/mol. The Morgan fingerprint density at radius 3 is 2.33 bits per heavy atom. The molecule has 0 saturated carbocycles. The minimum absolute atomic E-state index is 0.0828. The van der Waals surface area contributed by atoms with Gasteiger partial charge < -0.3 is 5.32 Å². The van der Waals surface area contributed by atoms with Crippen molar-refractivity contribution in [3.8, 4) is 0 Å². The minimum atomic E-state index is -0.0828. The Morgan fingerprint density at radius 1 is 1.00 bits per heavy atom. The van der Waals surface area contributed by atoms with E-state index in [1.165, 1.54) is 5.56 Å². The normalized spacial score (nSPS) is 16.0. The Morgan fingerprint density at radius 2 is 1.67 bits per heavy atom. The van der Waals surface area contributed by atoms with E-state index in [2.05, 4.69) is 5.32 Å². The second-order valence-electron chi connectivity index (χ2n) is 5.03. The summed E-state index contributed by atoms with van der Waals surface area (Å²) in [6.45, 7) is 2.04. The summed E-state index contributed by atoms with van der Waals surface area (Å²) in [7, 11) is 0. The number of nitrogens with one attached hydrogen (secondary N) is 1. The predicted octanol–water partition coefficient (Wildman–Crippen LogP) is 4.20. The number of carbonyl (C=O) groups is 1. The summed E-state index contributed by atoms with van der Waals surface area (Å²) in [6.07, 6.45) is 3.73. The summed E-state index contributed by atoms with van der Waals surface area (Å²) in [5.74, 6) is -0.0828. The monoisotopic (exact) mass is 295 g/mol. The van der Waals surface area contributed by atoms with E-state index < -0.39 is 0 Å². The van der Waals surface area contributed by atoms with Crippen molar-refractivity contribution in [3.63, 3.8) is 0 Å². The topological polar surface area (TPSA) is 29.1 Å². The quantitative estimate of drug-likeness (QED) is 0.827. The SMILES string of the molecule is Cc1ccc(C2=CC(=Cc3ccc(Cl)cc3)C(=O)N2)cc1. The van der Waals surface area contributed by atoms with Crippen LogP contribution < -0.4 is 5.32 Å². The molecule has 0 saturated heterocycles.